The van der Waals surface area contributed by atoms with Gasteiger partial charge in [-0.05, 0) is 65.4 Å². The molecule has 0 radical (unpaired) electrons. The van der Waals surface area contributed by atoms with Crippen LogP contribution < -0.4 is 9.47 Å². The summed E-state index contributed by atoms with van der Waals surface area (Å²) in [6.45, 7) is 8.39. The van der Waals surface area contributed by atoms with E-state index in [1.54, 1.807) is 24.3 Å². The fourth-order valence-corrected chi connectivity index (χ4v) is 5.08. The van der Waals surface area contributed by atoms with Crippen molar-refractivity contribution in [2.24, 2.45) is 5.92 Å². The molecule has 3 aromatic rings. The number of nitrogens with zero attached hydrogens (tertiary/aromatic N) is 1. The third-order valence-electron chi connectivity index (χ3n) is 7.12. The fourth-order valence-electron chi connectivity index (χ4n) is 5.08. The molecule has 0 aliphatic carbocycles. The molecule has 5 rings (SSSR count). The molecule has 1 saturated heterocycles. The van der Waals surface area contributed by atoms with Gasteiger partial charge in [0.05, 0.1) is 0 Å². The summed E-state index contributed by atoms with van der Waals surface area (Å²) >= 11 is 0. The van der Waals surface area contributed by atoms with Crippen molar-refractivity contribution in [1.82, 2.24) is 4.90 Å². The van der Waals surface area contributed by atoms with Gasteiger partial charge in [-0.15, -0.1) is 0 Å². The van der Waals surface area contributed by atoms with Gasteiger partial charge in [0, 0.05) is 36.8 Å². The Hall–Kier alpha value is -3.44. The van der Waals surface area contributed by atoms with Crippen molar-refractivity contribution in [3.63, 3.8) is 0 Å². The van der Waals surface area contributed by atoms with Crippen molar-refractivity contribution in [2.45, 2.75) is 32.8 Å². The Labute approximate surface area is 207 Å². The summed E-state index contributed by atoms with van der Waals surface area (Å²) in [6, 6.07) is 20.7. The van der Waals surface area contributed by atoms with Gasteiger partial charge in [-0.2, -0.15) is 0 Å². The van der Waals surface area contributed by atoms with Gasteiger partial charge < -0.3 is 19.7 Å². The molecule has 1 atom stereocenters. The van der Waals surface area contributed by atoms with Crippen molar-refractivity contribution in [3.8, 4) is 23.0 Å². The topological polar surface area (TPSA) is 62.2 Å². The van der Waals surface area contributed by atoms with Gasteiger partial charge in [-0.1, -0.05) is 44.5 Å². The van der Waals surface area contributed by atoms with Crippen molar-refractivity contribution in [2.75, 3.05) is 26.2 Å². The van der Waals surface area contributed by atoms with Crippen LogP contribution in [0.5, 0.6) is 23.0 Å². The lowest BCUT2D eigenvalue weighted by molar-refractivity contribution is 0.0806. The lowest BCUT2D eigenvalue weighted by atomic mass is 9.84. The van der Waals surface area contributed by atoms with Crippen molar-refractivity contribution in [3.05, 3.63) is 83.4 Å². The number of fused-ring (bicyclic) bond motifs is 1. The number of phenols is 2. The molecule has 0 spiro atoms. The standard InChI is InChI=1S/C30H33NO4/c1-3-20-18-31(19-20)15-16-34-25-12-7-22(8-13-25)30-29(21-5-9-23(32)10-6-21)26(4-2)27-14-11-24(33)17-28(27)35-30/h5-14,17,20,30,32-33H,3-4,15-16,18-19H2,1-2H3. The molecule has 5 heteroatoms. The summed E-state index contributed by atoms with van der Waals surface area (Å²) in [5.74, 6) is 2.79. The van der Waals surface area contributed by atoms with E-state index in [9.17, 15) is 10.2 Å². The third-order valence-corrected chi connectivity index (χ3v) is 7.12. The maximum Gasteiger partial charge on any atom is 0.150 e. The number of benzene rings is 3. The number of rotatable bonds is 8. The second-order valence-electron chi connectivity index (χ2n) is 9.42. The Morgan fingerprint density at radius 2 is 1.63 bits per heavy atom. The minimum atomic E-state index is -0.343. The van der Waals surface area contributed by atoms with Crippen molar-refractivity contribution in [1.29, 1.82) is 0 Å². The van der Waals surface area contributed by atoms with Crippen LogP contribution in [0, 0.1) is 5.92 Å². The highest BCUT2D eigenvalue weighted by atomic mass is 16.5. The van der Waals surface area contributed by atoms with E-state index in [1.807, 2.05) is 30.3 Å². The molecule has 0 amide bonds. The lowest BCUT2D eigenvalue weighted by Crippen LogP contribution is -2.47. The Morgan fingerprint density at radius 3 is 2.31 bits per heavy atom. The largest absolute Gasteiger partial charge is 0.508 e. The number of hydrogen-bond acceptors (Lipinski definition) is 5. The summed E-state index contributed by atoms with van der Waals surface area (Å²) in [4.78, 5) is 2.44. The van der Waals surface area contributed by atoms with Crippen LogP contribution in [0.3, 0.4) is 0 Å². The molecule has 182 valence electrons. The molecule has 2 heterocycles. The molecule has 0 aromatic heterocycles. The first-order valence-electron chi connectivity index (χ1n) is 12.5. The van der Waals surface area contributed by atoms with Crippen LogP contribution in [-0.2, 0) is 0 Å². The van der Waals surface area contributed by atoms with E-state index < -0.39 is 0 Å². The van der Waals surface area contributed by atoms with Crippen molar-refractivity contribution < 1.29 is 19.7 Å². The number of allylic oxidation sites excluding steroid dienone is 1. The van der Waals surface area contributed by atoms with E-state index in [0.717, 1.165) is 46.9 Å². The normalized spacial score (nSPS) is 18.1. The summed E-state index contributed by atoms with van der Waals surface area (Å²) in [7, 11) is 0. The zero-order valence-electron chi connectivity index (χ0n) is 20.4. The predicted octanol–water partition coefficient (Wildman–Crippen LogP) is 6.27. The monoisotopic (exact) mass is 471 g/mol. The van der Waals surface area contributed by atoms with E-state index in [0.29, 0.717) is 12.4 Å². The molecule has 1 unspecified atom stereocenters. The average Bonchev–Trinajstić information content (AvgIpc) is 2.85. The second-order valence-corrected chi connectivity index (χ2v) is 9.42. The van der Waals surface area contributed by atoms with E-state index in [4.69, 9.17) is 9.47 Å². The van der Waals surface area contributed by atoms with Gasteiger partial charge in [0.15, 0.2) is 0 Å². The molecule has 2 aliphatic rings. The Kier molecular flexibility index (Phi) is 6.69. The second kappa shape index (κ2) is 10.0. The third kappa shape index (κ3) is 4.87. The number of aromatic hydroxyl groups is 2. The van der Waals surface area contributed by atoms with Gasteiger partial charge >= 0.3 is 0 Å². The molecule has 35 heavy (non-hydrogen) atoms. The highest BCUT2D eigenvalue weighted by Crippen LogP contribution is 2.48. The Bertz CT molecular complexity index is 1190. The molecule has 2 N–H and O–H groups in total. The number of ether oxygens (including phenoxy) is 2. The van der Waals surface area contributed by atoms with Gasteiger partial charge in [0.25, 0.3) is 0 Å². The van der Waals surface area contributed by atoms with E-state index in [1.165, 1.54) is 25.1 Å². The molecule has 0 bridgehead atoms. The maximum atomic E-state index is 10.1. The zero-order chi connectivity index (χ0) is 24.4. The van der Waals surface area contributed by atoms with E-state index >= 15 is 0 Å². The van der Waals surface area contributed by atoms with Gasteiger partial charge in [-0.25, -0.2) is 0 Å². The van der Waals surface area contributed by atoms with Crippen LogP contribution in [-0.4, -0.2) is 41.4 Å². The summed E-state index contributed by atoms with van der Waals surface area (Å²) in [6.07, 6.45) is 1.72. The molecular weight excluding hydrogens is 438 g/mol. The highest BCUT2D eigenvalue weighted by molar-refractivity contribution is 5.96. The molecule has 1 fully saturated rings. The number of phenolic OH excluding ortho intramolecular Hbond substituents is 2. The molecule has 2 aliphatic heterocycles. The Balaban J connectivity index is 1.40. The van der Waals surface area contributed by atoms with Crippen LogP contribution in [0.2, 0.25) is 0 Å². The van der Waals surface area contributed by atoms with Gasteiger partial charge in [0.1, 0.15) is 35.7 Å². The quantitative estimate of drug-likeness (QED) is 0.405. The number of likely N-dealkylation sites (tertiary alicyclic amines) is 1. The predicted molar refractivity (Wildman–Crippen MR) is 139 cm³/mol. The number of hydrogen-bond donors (Lipinski definition) is 2. The van der Waals surface area contributed by atoms with Crippen LogP contribution >= 0.6 is 0 Å². The molecule has 5 nitrogen and oxygen atoms in total. The first-order chi connectivity index (χ1) is 17.1. The minimum absolute atomic E-state index is 0.183. The van der Waals surface area contributed by atoms with Crippen LogP contribution in [0.15, 0.2) is 66.7 Å². The summed E-state index contributed by atoms with van der Waals surface area (Å²) < 4.78 is 12.5. The highest BCUT2D eigenvalue weighted by Gasteiger charge is 2.30. The van der Waals surface area contributed by atoms with Crippen LogP contribution in [0.4, 0.5) is 0 Å². The van der Waals surface area contributed by atoms with Crippen LogP contribution in [0.1, 0.15) is 49.5 Å². The van der Waals surface area contributed by atoms with Crippen LogP contribution in [0.25, 0.3) is 11.1 Å². The summed E-state index contributed by atoms with van der Waals surface area (Å²) in [5.41, 5.74) is 5.24. The summed E-state index contributed by atoms with van der Waals surface area (Å²) in [5, 5.41) is 19.9. The molecular formula is C30H33NO4. The smallest absolute Gasteiger partial charge is 0.150 e. The first-order valence-corrected chi connectivity index (χ1v) is 12.5. The Morgan fingerprint density at radius 1 is 0.914 bits per heavy atom. The molecule has 0 saturated carbocycles. The minimum Gasteiger partial charge on any atom is -0.508 e. The maximum absolute atomic E-state index is 10.1. The molecule has 3 aromatic carbocycles. The van der Waals surface area contributed by atoms with E-state index in [2.05, 4.69) is 30.9 Å². The van der Waals surface area contributed by atoms with Gasteiger partial charge in [0.2, 0.25) is 0 Å². The SMILES string of the molecule is CCC1=C(c2ccc(O)cc2)C(c2ccc(OCCN3CC(CC)C3)cc2)Oc2cc(O)ccc21. The average molecular weight is 472 g/mol. The zero-order valence-corrected chi connectivity index (χ0v) is 20.4. The fraction of sp³-hybridized carbons (Fsp3) is 0.333. The van der Waals surface area contributed by atoms with Crippen molar-refractivity contribution >= 4 is 11.1 Å². The lowest BCUT2D eigenvalue weighted by Gasteiger charge is -2.38. The first kappa shape index (κ1) is 23.3. The van der Waals surface area contributed by atoms with E-state index in [-0.39, 0.29) is 17.6 Å². The van der Waals surface area contributed by atoms with Gasteiger partial charge in [-0.3, -0.25) is 4.90 Å².